The number of halogens is 3. The van der Waals surface area contributed by atoms with Crippen LogP contribution in [0.3, 0.4) is 0 Å². The second-order valence-electron chi connectivity index (χ2n) is 6.57. The molecule has 0 aliphatic rings. The van der Waals surface area contributed by atoms with Crippen LogP contribution < -0.4 is 11.3 Å². The number of anilines is 1. The van der Waals surface area contributed by atoms with E-state index in [1.807, 2.05) is 0 Å². The van der Waals surface area contributed by atoms with E-state index in [1.165, 1.54) is 30.6 Å². The Morgan fingerprint density at radius 2 is 1.93 bits per heavy atom. The molecule has 10 heteroatoms. The van der Waals surface area contributed by atoms with Crippen LogP contribution in [-0.2, 0) is 0 Å². The van der Waals surface area contributed by atoms with Gasteiger partial charge in [0.1, 0.15) is 17.0 Å². The first-order valence-corrected chi connectivity index (χ1v) is 9.63. The lowest BCUT2D eigenvalue weighted by Crippen LogP contribution is -2.14. The Morgan fingerprint density at radius 3 is 2.73 bits per heavy atom. The summed E-state index contributed by atoms with van der Waals surface area (Å²) in [6, 6.07) is 7.59. The summed E-state index contributed by atoms with van der Waals surface area (Å²) >= 11 is 0.357. The van der Waals surface area contributed by atoms with E-state index in [9.17, 15) is 18.0 Å². The Balaban J connectivity index is 1.98. The zero-order valence-corrected chi connectivity index (χ0v) is 15.9. The maximum Gasteiger partial charge on any atom is 0.288 e. The topological polar surface area (TPSA) is 100 Å². The zero-order valence-electron chi connectivity index (χ0n) is 15.0. The fourth-order valence-electron chi connectivity index (χ4n) is 3.69. The SMILES string of the molecule is Nc1c(-c2ccc(F)c3[nH]ncc23)c2cc(SC(F)F)c3ncccc3c2[nH]c1=O. The summed E-state index contributed by atoms with van der Waals surface area (Å²) in [5.41, 5.74) is 7.18. The number of H-pyrrole nitrogens is 2. The van der Waals surface area contributed by atoms with Gasteiger partial charge in [-0.3, -0.25) is 14.9 Å². The third-order valence-electron chi connectivity index (χ3n) is 4.93. The molecule has 0 saturated heterocycles. The van der Waals surface area contributed by atoms with Crippen LogP contribution in [0, 0.1) is 5.82 Å². The number of hydrogen-bond acceptors (Lipinski definition) is 5. The van der Waals surface area contributed by atoms with E-state index in [2.05, 4.69) is 20.2 Å². The van der Waals surface area contributed by atoms with Gasteiger partial charge in [0.25, 0.3) is 11.3 Å². The van der Waals surface area contributed by atoms with E-state index in [0.717, 1.165) is 0 Å². The van der Waals surface area contributed by atoms with Gasteiger partial charge in [-0.1, -0.05) is 17.8 Å². The number of aromatic amines is 2. The molecule has 0 saturated carbocycles. The number of nitrogen functional groups attached to an aromatic ring is 1. The first kappa shape index (κ1) is 18.5. The Hall–Kier alpha value is -3.53. The number of hydrogen-bond donors (Lipinski definition) is 3. The number of nitrogens with one attached hydrogen (secondary N) is 2. The highest BCUT2D eigenvalue weighted by Gasteiger charge is 2.21. The summed E-state index contributed by atoms with van der Waals surface area (Å²) in [7, 11) is 0. The molecule has 2 aromatic carbocycles. The van der Waals surface area contributed by atoms with Gasteiger partial charge in [-0.2, -0.15) is 13.9 Å². The van der Waals surface area contributed by atoms with Crippen molar-refractivity contribution in [3.63, 3.8) is 0 Å². The van der Waals surface area contributed by atoms with Crippen LogP contribution in [0.4, 0.5) is 18.9 Å². The predicted octanol–water partition coefficient (Wildman–Crippen LogP) is 4.66. The van der Waals surface area contributed by atoms with Crippen molar-refractivity contribution in [3.05, 3.63) is 58.9 Å². The third-order valence-corrected chi connectivity index (χ3v) is 5.67. The quantitative estimate of drug-likeness (QED) is 0.287. The maximum atomic E-state index is 14.2. The summed E-state index contributed by atoms with van der Waals surface area (Å²) in [4.78, 5) is 19.8. The Morgan fingerprint density at radius 1 is 1.10 bits per heavy atom. The molecule has 0 fully saturated rings. The minimum Gasteiger partial charge on any atom is -0.394 e. The summed E-state index contributed by atoms with van der Waals surface area (Å²) in [6.45, 7) is 0. The van der Waals surface area contributed by atoms with Crippen LogP contribution in [0.2, 0.25) is 0 Å². The number of alkyl halides is 2. The van der Waals surface area contributed by atoms with Crippen molar-refractivity contribution in [2.45, 2.75) is 10.7 Å². The summed E-state index contributed by atoms with van der Waals surface area (Å²) in [5, 5.41) is 7.83. The molecule has 6 nitrogen and oxygen atoms in total. The van der Waals surface area contributed by atoms with E-state index in [1.54, 1.807) is 12.1 Å². The van der Waals surface area contributed by atoms with Crippen LogP contribution in [0.25, 0.3) is 43.8 Å². The minimum absolute atomic E-state index is 0.104. The van der Waals surface area contributed by atoms with Gasteiger partial charge in [0.15, 0.2) is 0 Å². The number of fused-ring (bicyclic) bond motifs is 4. The molecular formula is C20H12F3N5OS. The molecule has 0 atom stereocenters. The number of nitrogens with two attached hydrogens (primary N) is 1. The number of nitrogens with zero attached hydrogens (tertiary/aromatic N) is 2. The average Bonchev–Trinajstić information content (AvgIpc) is 3.22. The van der Waals surface area contributed by atoms with Gasteiger partial charge in [-0.05, 0) is 29.8 Å². The highest BCUT2D eigenvalue weighted by molar-refractivity contribution is 7.99. The normalized spacial score (nSPS) is 11.9. The van der Waals surface area contributed by atoms with E-state index in [4.69, 9.17) is 5.73 Å². The molecule has 150 valence electrons. The van der Waals surface area contributed by atoms with Crippen molar-refractivity contribution >= 4 is 50.2 Å². The van der Waals surface area contributed by atoms with Crippen LogP contribution in [0.5, 0.6) is 0 Å². The number of benzene rings is 2. The second kappa shape index (κ2) is 6.77. The number of pyridine rings is 2. The van der Waals surface area contributed by atoms with Crippen molar-refractivity contribution in [1.82, 2.24) is 20.2 Å². The molecule has 3 heterocycles. The molecule has 5 rings (SSSR count). The van der Waals surface area contributed by atoms with Gasteiger partial charge in [0, 0.05) is 32.8 Å². The van der Waals surface area contributed by atoms with Crippen molar-refractivity contribution in [2.24, 2.45) is 0 Å². The highest BCUT2D eigenvalue weighted by atomic mass is 32.2. The molecular weight excluding hydrogens is 415 g/mol. The third kappa shape index (κ3) is 2.71. The monoisotopic (exact) mass is 427 g/mol. The van der Waals surface area contributed by atoms with Gasteiger partial charge >= 0.3 is 0 Å². The predicted molar refractivity (Wildman–Crippen MR) is 111 cm³/mol. The van der Waals surface area contributed by atoms with Crippen molar-refractivity contribution < 1.29 is 13.2 Å². The van der Waals surface area contributed by atoms with Gasteiger partial charge in [-0.15, -0.1) is 0 Å². The lowest BCUT2D eigenvalue weighted by molar-refractivity contribution is 0.252. The van der Waals surface area contributed by atoms with Crippen LogP contribution in [0.15, 0.2) is 52.4 Å². The van der Waals surface area contributed by atoms with Crippen molar-refractivity contribution in [2.75, 3.05) is 5.73 Å². The highest BCUT2D eigenvalue weighted by Crippen LogP contribution is 2.41. The largest absolute Gasteiger partial charge is 0.394 e. The van der Waals surface area contributed by atoms with Gasteiger partial charge in [0.2, 0.25) is 0 Å². The summed E-state index contributed by atoms with van der Waals surface area (Å²) in [6.07, 6.45) is 2.92. The standard InChI is InChI=1S/C20H12F3N5OS/c21-12-4-3-8(11-7-26-28-17(11)12)14-10-6-13(30-20(22)23)18-9(2-1-5-25-18)16(10)27-19(29)15(14)24/h1-7,20H,24H2,(H,26,28)(H,27,29). The Kier molecular flexibility index (Phi) is 4.17. The molecule has 0 aliphatic heterocycles. The van der Waals surface area contributed by atoms with Gasteiger partial charge in [-0.25, -0.2) is 4.39 Å². The smallest absolute Gasteiger partial charge is 0.288 e. The molecule has 0 radical (unpaired) electrons. The molecule has 0 bridgehead atoms. The van der Waals surface area contributed by atoms with E-state index in [-0.39, 0.29) is 16.1 Å². The van der Waals surface area contributed by atoms with Gasteiger partial charge in [0.05, 0.1) is 17.2 Å². The van der Waals surface area contributed by atoms with Crippen molar-refractivity contribution in [1.29, 1.82) is 0 Å². The number of rotatable bonds is 3. The summed E-state index contributed by atoms with van der Waals surface area (Å²) < 4.78 is 40.6. The van der Waals surface area contributed by atoms with Crippen LogP contribution in [-0.4, -0.2) is 25.9 Å². The van der Waals surface area contributed by atoms with Crippen LogP contribution in [0.1, 0.15) is 0 Å². The lowest BCUT2D eigenvalue weighted by atomic mass is 9.95. The van der Waals surface area contributed by atoms with E-state index >= 15 is 0 Å². The molecule has 5 aromatic rings. The fourth-order valence-corrected chi connectivity index (χ4v) is 4.34. The Labute approximate surface area is 170 Å². The second-order valence-corrected chi connectivity index (χ2v) is 7.60. The average molecular weight is 427 g/mol. The first-order chi connectivity index (χ1) is 14.5. The van der Waals surface area contributed by atoms with Crippen molar-refractivity contribution in [3.8, 4) is 11.1 Å². The first-order valence-electron chi connectivity index (χ1n) is 8.75. The van der Waals surface area contributed by atoms with Gasteiger partial charge < -0.3 is 10.7 Å². The summed E-state index contributed by atoms with van der Waals surface area (Å²) in [5.74, 6) is -3.18. The molecule has 30 heavy (non-hydrogen) atoms. The molecule has 4 N–H and O–H groups in total. The maximum absolute atomic E-state index is 14.2. The fraction of sp³-hybridized carbons (Fsp3) is 0.0500. The molecule has 0 amide bonds. The Bertz CT molecular complexity index is 1510. The molecule has 0 unspecified atom stereocenters. The molecule has 0 aliphatic carbocycles. The minimum atomic E-state index is -2.66. The van der Waals surface area contributed by atoms with E-state index < -0.39 is 17.1 Å². The molecule has 0 spiro atoms. The molecule has 3 aromatic heterocycles. The zero-order chi connectivity index (χ0) is 21.0. The number of thioether (sulfide) groups is 1. The van der Waals surface area contributed by atoms with E-state index in [0.29, 0.717) is 50.1 Å². The lowest BCUT2D eigenvalue weighted by Gasteiger charge is -2.15. The number of aromatic nitrogens is 4. The van der Waals surface area contributed by atoms with Crippen LogP contribution >= 0.6 is 11.8 Å².